The van der Waals surface area contributed by atoms with Gasteiger partial charge in [-0.2, -0.15) is 0 Å². The molecule has 0 saturated heterocycles. The number of quaternary nitrogens is 1. The first kappa shape index (κ1) is 49.3. The minimum Gasteiger partial charge on any atom is -0.756 e. The molecule has 0 aliphatic carbocycles. The Balaban J connectivity index is 4.77. The Labute approximate surface area is 307 Å². The molecule has 1 unspecified atom stereocenters. The van der Waals surface area contributed by atoms with Gasteiger partial charge in [0.25, 0.3) is 7.82 Å². The van der Waals surface area contributed by atoms with Crippen molar-refractivity contribution < 1.29 is 42.8 Å². The number of nitrogens with zero attached hydrogens (tertiary/aromatic N) is 1. The second kappa shape index (κ2) is 30.8. The topological polar surface area (TPSA) is 133 Å². The van der Waals surface area contributed by atoms with Gasteiger partial charge in [-0.3, -0.25) is 14.2 Å². The molecule has 0 spiro atoms. The maximum Gasteiger partial charge on any atom is 0.268 e. The number of rotatable bonds is 38. The van der Waals surface area contributed by atoms with Crippen LogP contribution in [0.5, 0.6) is 0 Å². The van der Waals surface area contributed by atoms with Crippen LogP contribution < -0.4 is 4.89 Å². The molecular formula is C40H80NO8P. The van der Waals surface area contributed by atoms with Gasteiger partial charge in [0.2, 0.25) is 5.60 Å². The summed E-state index contributed by atoms with van der Waals surface area (Å²) in [5.41, 5.74) is -2.71. The molecule has 2 atom stereocenters. The van der Waals surface area contributed by atoms with E-state index in [1.807, 2.05) is 21.1 Å². The third-order valence-corrected chi connectivity index (χ3v) is 10.7. The lowest BCUT2D eigenvalue weighted by atomic mass is 9.82. The van der Waals surface area contributed by atoms with Gasteiger partial charge in [0.1, 0.15) is 19.3 Å². The monoisotopic (exact) mass is 734 g/mol. The number of aliphatic hydroxyl groups is 2. The number of ketones is 2. The van der Waals surface area contributed by atoms with E-state index in [4.69, 9.17) is 9.05 Å². The van der Waals surface area contributed by atoms with Crippen molar-refractivity contribution in [2.24, 2.45) is 0 Å². The molecule has 0 aliphatic heterocycles. The molecule has 50 heavy (non-hydrogen) atoms. The summed E-state index contributed by atoms with van der Waals surface area (Å²) in [7, 11) is 0.835. The second-order valence-electron chi connectivity index (χ2n) is 15.7. The normalized spacial score (nSPS) is 14.2. The van der Waals surface area contributed by atoms with E-state index in [0.717, 1.165) is 51.4 Å². The van der Waals surface area contributed by atoms with Gasteiger partial charge in [0.15, 0.2) is 11.6 Å². The van der Waals surface area contributed by atoms with Crippen LogP contribution in [0.2, 0.25) is 0 Å². The summed E-state index contributed by atoms with van der Waals surface area (Å²) in [5, 5.41) is 22.3. The number of phosphoric acid groups is 1. The van der Waals surface area contributed by atoms with Crippen LogP contribution in [0.25, 0.3) is 0 Å². The molecule has 0 aromatic heterocycles. The Hall–Kier alpha value is -0.670. The van der Waals surface area contributed by atoms with E-state index in [9.17, 15) is 29.3 Å². The van der Waals surface area contributed by atoms with Gasteiger partial charge in [-0.15, -0.1) is 0 Å². The Bertz CT molecular complexity index is 836. The van der Waals surface area contributed by atoms with Crippen LogP contribution in [0.3, 0.4) is 0 Å². The highest BCUT2D eigenvalue weighted by Crippen LogP contribution is 2.39. The van der Waals surface area contributed by atoms with Crippen molar-refractivity contribution >= 4 is 19.4 Å². The maximum absolute atomic E-state index is 13.3. The fourth-order valence-corrected chi connectivity index (χ4v) is 6.96. The zero-order chi connectivity index (χ0) is 37.6. The fourth-order valence-electron chi connectivity index (χ4n) is 6.26. The Morgan fingerprint density at radius 3 is 1.20 bits per heavy atom. The van der Waals surface area contributed by atoms with Crippen LogP contribution in [0, 0.1) is 0 Å². The van der Waals surface area contributed by atoms with Crippen LogP contribution >= 0.6 is 7.82 Å². The third kappa shape index (κ3) is 27.0. The van der Waals surface area contributed by atoms with Gasteiger partial charge in [0.05, 0.1) is 27.7 Å². The fraction of sp³-hybridized carbons (Fsp3) is 0.950. The first-order valence-corrected chi connectivity index (χ1v) is 22.1. The van der Waals surface area contributed by atoms with Crippen molar-refractivity contribution in [3.8, 4) is 0 Å². The van der Waals surface area contributed by atoms with Crippen LogP contribution in [0.1, 0.15) is 194 Å². The van der Waals surface area contributed by atoms with Crippen molar-refractivity contribution in [1.82, 2.24) is 0 Å². The minimum atomic E-state index is -4.82. The number of Topliss-reactive ketones (excluding diaryl/α,β-unsaturated/α-hetero) is 2. The number of hydrogen-bond acceptors (Lipinski definition) is 8. The maximum atomic E-state index is 13.3. The first-order valence-electron chi connectivity index (χ1n) is 20.7. The summed E-state index contributed by atoms with van der Waals surface area (Å²) in [6.07, 6.45) is 27.5. The van der Waals surface area contributed by atoms with E-state index < -0.39 is 37.7 Å². The predicted octanol–water partition coefficient (Wildman–Crippen LogP) is 9.39. The molecular weight excluding hydrogens is 653 g/mol. The lowest BCUT2D eigenvalue weighted by Gasteiger charge is -2.32. The quantitative estimate of drug-likeness (QED) is 0.0278. The number of hydrogen-bond donors (Lipinski definition) is 2. The number of phosphoric ester groups is 1. The average Bonchev–Trinajstić information content (AvgIpc) is 3.06. The molecule has 298 valence electrons. The van der Waals surface area contributed by atoms with E-state index >= 15 is 0 Å². The molecule has 2 N–H and O–H groups in total. The van der Waals surface area contributed by atoms with Crippen molar-refractivity contribution in [2.75, 3.05) is 40.9 Å². The largest absolute Gasteiger partial charge is 0.756 e. The summed E-state index contributed by atoms with van der Waals surface area (Å²) in [6.45, 7) is 3.81. The number of unbranched alkanes of at least 4 members (excludes halogenated alkanes) is 24. The Morgan fingerprint density at radius 2 is 0.900 bits per heavy atom. The molecule has 0 saturated carbocycles. The predicted molar refractivity (Wildman–Crippen MR) is 204 cm³/mol. The molecule has 0 rings (SSSR count). The molecule has 10 heteroatoms. The molecule has 0 amide bonds. The summed E-state index contributed by atoms with van der Waals surface area (Å²) in [5.74, 6) is -1.55. The van der Waals surface area contributed by atoms with E-state index in [0.29, 0.717) is 23.9 Å². The summed E-state index contributed by atoms with van der Waals surface area (Å²) < 4.78 is 22.5. The van der Waals surface area contributed by atoms with Crippen molar-refractivity contribution in [3.63, 3.8) is 0 Å². The molecule has 0 heterocycles. The number of carbonyl (C=O) groups excluding carboxylic acids is 2. The molecule has 0 aliphatic rings. The van der Waals surface area contributed by atoms with Gasteiger partial charge in [-0.05, 0) is 12.8 Å². The lowest BCUT2D eigenvalue weighted by molar-refractivity contribution is -0.870. The Kier molecular flexibility index (Phi) is 30.3. The van der Waals surface area contributed by atoms with Gasteiger partial charge >= 0.3 is 0 Å². The van der Waals surface area contributed by atoms with Gasteiger partial charge in [-0.1, -0.05) is 168 Å². The highest BCUT2D eigenvalue weighted by atomic mass is 31.2. The first-order chi connectivity index (χ1) is 23.8. The third-order valence-electron chi connectivity index (χ3n) is 9.75. The number of likely N-dealkylation sites (N-methyl/N-ethyl adjacent to an activating group) is 1. The van der Waals surface area contributed by atoms with E-state index in [1.165, 1.54) is 103 Å². The molecule has 0 aromatic carbocycles. The van der Waals surface area contributed by atoms with Crippen LogP contribution in [-0.2, 0) is 23.2 Å². The lowest BCUT2D eigenvalue weighted by Crippen LogP contribution is -2.57. The summed E-state index contributed by atoms with van der Waals surface area (Å²) in [6, 6.07) is 0. The summed E-state index contributed by atoms with van der Waals surface area (Å²) in [4.78, 5) is 39.0. The van der Waals surface area contributed by atoms with Gasteiger partial charge in [-0.25, -0.2) is 0 Å². The highest BCUT2D eigenvalue weighted by molar-refractivity contribution is 7.45. The zero-order valence-electron chi connectivity index (χ0n) is 33.2. The molecule has 0 bridgehead atoms. The SMILES string of the molecule is CCCCCCCCCCCCCCCC(=O)C(O)(C(=O)CCCCCCCCCCCCCCC)[C@@H](O)COP(=O)([O-])OCC[N+](C)(C)C. The number of aliphatic hydroxyl groups excluding tert-OH is 1. The minimum absolute atomic E-state index is 0.0648. The van der Waals surface area contributed by atoms with Gasteiger partial charge < -0.3 is 28.6 Å². The average molecular weight is 734 g/mol. The van der Waals surface area contributed by atoms with Crippen LogP contribution in [0.4, 0.5) is 0 Å². The van der Waals surface area contributed by atoms with Crippen molar-refractivity contribution in [3.05, 3.63) is 0 Å². The number of carbonyl (C=O) groups is 2. The van der Waals surface area contributed by atoms with E-state index in [2.05, 4.69) is 13.8 Å². The molecule has 0 radical (unpaired) electrons. The molecule has 0 fully saturated rings. The van der Waals surface area contributed by atoms with Crippen molar-refractivity contribution in [1.29, 1.82) is 0 Å². The zero-order valence-corrected chi connectivity index (χ0v) is 34.1. The Morgan fingerprint density at radius 1 is 0.600 bits per heavy atom. The summed E-state index contributed by atoms with van der Waals surface area (Å²) >= 11 is 0. The van der Waals surface area contributed by atoms with E-state index in [1.54, 1.807) is 0 Å². The molecule has 0 aromatic rings. The van der Waals surface area contributed by atoms with Gasteiger partial charge in [0, 0.05) is 12.8 Å². The van der Waals surface area contributed by atoms with E-state index in [-0.39, 0.29) is 19.4 Å². The molecule has 9 nitrogen and oxygen atoms in total. The smallest absolute Gasteiger partial charge is 0.268 e. The highest BCUT2D eigenvalue weighted by Gasteiger charge is 2.49. The second-order valence-corrected chi connectivity index (χ2v) is 17.1. The van der Waals surface area contributed by atoms with Crippen molar-refractivity contribution in [2.45, 2.75) is 205 Å². The van der Waals surface area contributed by atoms with Crippen LogP contribution in [0.15, 0.2) is 0 Å². The standard InChI is InChI=1S/C40H80NO8P/c1-6-8-10-12-14-16-18-20-22-24-26-28-30-32-37(42)40(45,39(44)36-49-50(46,47)48-35-34-41(3,4)5)38(43)33-31-29-27-25-23-21-19-17-15-13-11-9-7-2/h39,44-45H,6-36H2,1-5H3/t39-/m0/s1. The van der Waals surface area contributed by atoms with Crippen LogP contribution in [-0.4, -0.2) is 78.9 Å².